The molecule has 1 atom stereocenters. The van der Waals surface area contributed by atoms with Crippen LogP contribution in [0.5, 0.6) is 0 Å². The fourth-order valence-electron chi connectivity index (χ4n) is 4.32. The maximum absolute atomic E-state index is 14.9. The average Bonchev–Trinajstić information content (AvgIpc) is 2.89. The van der Waals surface area contributed by atoms with E-state index in [1.807, 2.05) is 6.07 Å². The molecule has 0 aliphatic rings. The first-order chi connectivity index (χ1) is 17.6. The summed E-state index contributed by atoms with van der Waals surface area (Å²) >= 11 is 0. The van der Waals surface area contributed by atoms with Crippen LogP contribution in [0.1, 0.15) is 34.6 Å². The highest BCUT2D eigenvalue weighted by atomic mass is 19.4. The maximum atomic E-state index is 14.9. The Hall–Kier alpha value is -4.53. The highest BCUT2D eigenvalue weighted by Gasteiger charge is 2.30. The number of aromatic nitrogens is 2. The van der Waals surface area contributed by atoms with E-state index in [-0.39, 0.29) is 28.1 Å². The van der Waals surface area contributed by atoms with Crippen LogP contribution in [-0.2, 0) is 6.18 Å². The molecule has 2 aromatic heterocycles. The zero-order valence-electron chi connectivity index (χ0n) is 19.4. The Bertz CT molecular complexity index is 1700. The molecule has 2 heterocycles. The van der Waals surface area contributed by atoms with Gasteiger partial charge in [-0.15, -0.1) is 0 Å². The quantitative estimate of drug-likeness (QED) is 0.234. The van der Waals surface area contributed by atoms with Crippen molar-refractivity contribution >= 4 is 27.6 Å². The predicted molar refractivity (Wildman–Crippen MR) is 132 cm³/mol. The van der Waals surface area contributed by atoms with Crippen molar-refractivity contribution in [2.24, 2.45) is 0 Å². The summed E-state index contributed by atoms with van der Waals surface area (Å²) in [4.78, 5) is 30.7. The number of carbonyl (C=O) groups is 1. The molecular weight excluding hydrogens is 486 g/mol. The van der Waals surface area contributed by atoms with Crippen LogP contribution in [0.25, 0.3) is 27.4 Å². The number of amides is 1. The van der Waals surface area contributed by atoms with Gasteiger partial charge in [0.1, 0.15) is 5.82 Å². The van der Waals surface area contributed by atoms with Crippen molar-refractivity contribution in [1.29, 1.82) is 0 Å². The Morgan fingerprint density at radius 1 is 0.946 bits per heavy atom. The number of pyridine rings is 2. The van der Waals surface area contributed by atoms with Crippen molar-refractivity contribution in [3.8, 4) is 5.69 Å². The van der Waals surface area contributed by atoms with Crippen molar-refractivity contribution in [3.63, 3.8) is 0 Å². The van der Waals surface area contributed by atoms with Crippen molar-refractivity contribution in [2.75, 3.05) is 0 Å². The molecule has 0 aliphatic carbocycles. The van der Waals surface area contributed by atoms with E-state index in [4.69, 9.17) is 0 Å². The van der Waals surface area contributed by atoms with Gasteiger partial charge in [-0.25, -0.2) is 4.39 Å². The van der Waals surface area contributed by atoms with Crippen molar-refractivity contribution in [3.05, 3.63) is 118 Å². The van der Waals surface area contributed by atoms with Gasteiger partial charge in [-0.2, -0.15) is 13.2 Å². The first-order valence-corrected chi connectivity index (χ1v) is 11.3. The summed E-state index contributed by atoms with van der Waals surface area (Å²) < 4.78 is 55.2. The smallest absolute Gasteiger partial charge is 0.344 e. The van der Waals surface area contributed by atoms with Crippen molar-refractivity contribution in [1.82, 2.24) is 14.9 Å². The molecule has 0 bridgehead atoms. The number of carbonyl (C=O) groups excluding carboxylic acids is 1. The molecule has 1 amide bonds. The number of nitrogens with one attached hydrogen (secondary N) is 1. The van der Waals surface area contributed by atoms with Gasteiger partial charge in [0.2, 0.25) is 0 Å². The minimum Gasteiger partial charge on any atom is -0.344 e. The fourth-order valence-corrected chi connectivity index (χ4v) is 4.32. The molecule has 5 aromatic rings. The molecule has 0 saturated heterocycles. The van der Waals surface area contributed by atoms with Crippen LogP contribution >= 0.6 is 0 Å². The van der Waals surface area contributed by atoms with Crippen LogP contribution in [0.15, 0.2) is 89.9 Å². The minimum absolute atomic E-state index is 0.133. The summed E-state index contributed by atoms with van der Waals surface area (Å²) in [5, 5.41) is 3.32. The van der Waals surface area contributed by atoms with Crippen molar-refractivity contribution < 1.29 is 22.4 Å². The zero-order valence-corrected chi connectivity index (χ0v) is 19.4. The highest BCUT2D eigenvalue weighted by Crippen LogP contribution is 2.31. The van der Waals surface area contributed by atoms with Gasteiger partial charge >= 0.3 is 6.18 Å². The zero-order chi connectivity index (χ0) is 26.3. The van der Waals surface area contributed by atoms with Crippen LogP contribution < -0.4 is 10.9 Å². The van der Waals surface area contributed by atoms with Crippen LogP contribution in [-0.4, -0.2) is 15.5 Å². The molecule has 0 unspecified atom stereocenters. The van der Waals surface area contributed by atoms with Crippen molar-refractivity contribution in [2.45, 2.75) is 19.1 Å². The van der Waals surface area contributed by atoms with Crippen LogP contribution in [0.4, 0.5) is 17.6 Å². The molecule has 5 nitrogen and oxygen atoms in total. The fraction of sp³-hybridized carbons (Fsp3) is 0.107. The molecule has 0 saturated carbocycles. The number of alkyl halides is 3. The van der Waals surface area contributed by atoms with E-state index in [0.717, 1.165) is 34.9 Å². The summed E-state index contributed by atoms with van der Waals surface area (Å²) in [6.07, 6.45) is -2.93. The number of fused-ring (bicyclic) bond motifs is 3. The molecule has 0 aliphatic heterocycles. The molecule has 0 fully saturated rings. The summed E-state index contributed by atoms with van der Waals surface area (Å²) in [7, 11) is 0. The predicted octanol–water partition coefficient (Wildman–Crippen LogP) is 6.19. The lowest BCUT2D eigenvalue weighted by atomic mass is 10.0. The summed E-state index contributed by atoms with van der Waals surface area (Å²) in [5.41, 5.74) is -0.215. The Morgan fingerprint density at radius 3 is 2.38 bits per heavy atom. The van der Waals surface area contributed by atoms with Crippen LogP contribution in [0.2, 0.25) is 0 Å². The Balaban J connectivity index is 1.67. The molecule has 1 N–H and O–H groups in total. The van der Waals surface area contributed by atoms with E-state index < -0.39 is 29.0 Å². The first-order valence-electron chi connectivity index (χ1n) is 11.3. The van der Waals surface area contributed by atoms with E-state index >= 15 is 0 Å². The molecule has 0 spiro atoms. The molecule has 0 radical (unpaired) electrons. The van der Waals surface area contributed by atoms with E-state index in [2.05, 4.69) is 10.3 Å². The minimum atomic E-state index is -4.55. The van der Waals surface area contributed by atoms with E-state index in [1.165, 1.54) is 24.3 Å². The third-order valence-corrected chi connectivity index (χ3v) is 6.15. The lowest BCUT2D eigenvalue weighted by molar-refractivity contribution is -0.137. The largest absolute Gasteiger partial charge is 0.416 e. The number of benzene rings is 3. The van der Waals surface area contributed by atoms with E-state index in [0.29, 0.717) is 16.6 Å². The Kier molecular flexibility index (Phi) is 5.99. The van der Waals surface area contributed by atoms with Crippen LogP contribution in [0.3, 0.4) is 0 Å². The highest BCUT2D eigenvalue weighted by molar-refractivity contribution is 6.09. The molecule has 37 heavy (non-hydrogen) atoms. The standard InChI is InChI=1S/C28H19F4N3O2/c1-16(23-7-2-3-14-33-23)34-26(36)17-8-13-24-21(15-17)20-5-4-6-22(29)25(20)27(37)35(24)19-11-9-18(10-12-19)28(30,31)32/h2-16H,1H3,(H,34,36)/t16-/m0/s1. The molecule has 5 rings (SSSR count). The average molecular weight is 505 g/mol. The Morgan fingerprint density at radius 2 is 1.70 bits per heavy atom. The number of halogens is 4. The lowest BCUT2D eigenvalue weighted by Crippen LogP contribution is -2.27. The monoisotopic (exact) mass is 505 g/mol. The number of rotatable bonds is 4. The normalized spacial score (nSPS) is 12.6. The molecule has 186 valence electrons. The molecular formula is C28H19F4N3O2. The van der Waals surface area contributed by atoms with Gasteiger partial charge in [0.25, 0.3) is 11.5 Å². The van der Waals surface area contributed by atoms with Gasteiger partial charge in [0, 0.05) is 22.8 Å². The number of nitrogens with zero attached hydrogens (tertiary/aromatic N) is 2. The second-order valence-electron chi connectivity index (χ2n) is 8.53. The van der Waals surface area contributed by atoms with E-state index in [1.54, 1.807) is 31.3 Å². The Labute approximate surface area is 208 Å². The molecule has 9 heteroatoms. The second-order valence-corrected chi connectivity index (χ2v) is 8.53. The van der Waals surface area contributed by atoms with Gasteiger partial charge in [0.15, 0.2) is 0 Å². The van der Waals surface area contributed by atoms with E-state index in [9.17, 15) is 27.2 Å². The summed E-state index contributed by atoms with van der Waals surface area (Å²) in [6.45, 7) is 1.79. The third kappa shape index (κ3) is 4.44. The summed E-state index contributed by atoms with van der Waals surface area (Å²) in [6, 6.07) is 17.7. The molecule has 3 aromatic carbocycles. The topological polar surface area (TPSA) is 64.0 Å². The summed E-state index contributed by atoms with van der Waals surface area (Å²) in [5.74, 6) is -1.18. The number of hydrogen-bond acceptors (Lipinski definition) is 3. The van der Waals surface area contributed by atoms with Gasteiger partial charge in [-0.1, -0.05) is 18.2 Å². The SMILES string of the molecule is C[C@H](NC(=O)c1ccc2c(c1)c1cccc(F)c1c(=O)n2-c1ccc(C(F)(F)F)cc1)c1ccccn1. The van der Waals surface area contributed by atoms with Gasteiger partial charge < -0.3 is 5.32 Å². The van der Waals surface area contributed by atoms with Gasteiger partial charge in [0.05, 0.1) is 28.2 Å². The first kappa shape index (κ1) is 24.2. The van der Waals surface area contributed by atoms with Crippen LogP contribution in [0, 0.1) is 5.82 Å². The third-order valence-electron chi connectivity index (χ3n) is 6.15. The lowest BCUT2D eigenvalue weighted by Gasteiger charge is -2.17. The maximum Gasteiger partial charge on any atom is 0.416 e. The number of hydrogen-bond donors (Lipinski definition) is 1. The second kappa shape index (κ2) is 9.16. The van der Waals surface area contributed by atoms with Gasteiger partial charge in [-0.05, 0) is 73.0 Å². The van der Waals surface area contributed by atoms with Gasteiger partial charge in [-0.3, -0.25) is 19.1 Å².